The molecule has 1 aliphatic carbocycles. The van der Waals surface area contributed by atoms with Crippen LogP contribution in [0.2, 0.25) is 5.02 Å². The van der Waals surface area contributed by atoms with Gasteiger partial charge in [-0.1, -0.05) is 52.5 Å². The molecule has 0 nitrogen and oxygen atoms in total. The molecule has 0 amide bonds. The van der Waals surface area contributed by atoms with Crippen molar-refractivity contribution in [2.75, 3.05) is 0 Å². The standard InChI is InChI=1S/C14H18BrCl/c15-14(12-5-1-2-6-12)9-8-11-4-3-7-13(16)10-11/h3-4,7,10,12,14H,1-2,5-6,8-9H2. The van der Waals surface area contributed by atoms with Gasteiger partial charge < -0.3 is 0 Å². The van der Waals surface area contributed by atoms with Gasteiger partial charge in [-0.2, -0.15) is 0 Å². The fourth-order valence-electron chi connectivity index (χ4n) is 2.55. The van der Waals surface area contributed by atoms with E-state index in [1.807, 2.05) is 12.1 Å². The lowest BCUT2D eigenvalue weighted by Crippen LogP contribution is -2.11. The Balaban J connectivity index is 1.82. The Morgan fingerprint density at radius 2 is 2.06 bits per heavy atom. The molecule has 1 atom stereocenters. The predicted octanol–water partition coefficient (Wildman–Crippen LogP) is 5.23. The maximum Gasteiger partial charge on any atom is 0.0408 e. The Labute approximate surface area is 112 Å². The summed E-state index contributed by atoms with van der Waals surface area (Å²) in [4.78, 5) is 0.689. The van der Waals surface area contributed by atoms with Gasteiger partial charge in [0, 0.05) is 9.85 Å². The number of hydrogen-bond acceptors (Lipinski definition) is 0. The second-order valence-electron chi connectivity index (χ2n) is 4.73. The van der Waals surface area contributed by atoms with Crippen molar-refractivity contribution < 1.29 is 0 Å². The Kier molecular flexibility index (Phi) is 4.72. The zero-order valence-corrected chi connectivity index (χ0v) is 11.8. The van der Waals surface area contributed by atoms with Crippen LogP contribution in [0.5, 0.6) is 0 Å². The summed E-state index contributed by atoms with van der Waals surface area (Å²) in [5.41, 5.74) is 1.36. The van der Waals surface area contributed by atoms with E-state index in [2.05, 4.69) is 28.1 Å². The van der Waals surface area contributed by atoms with E-state index in [4.69, 9.17) is 11.6 Å². The molecule has 0 N–H and O–H groups in total. The Morgan fingerprint density at radius 3 is 2.75 bits per heavy atom. The highest BCUT2D eigenvalue weighted by Crippen LogP contribution is 2.33. The first-order valence-corrected chi connectivity index (χ1v) is 7.43. The highest BCUT2D eigenvalue weighted by atomic mass is 79.9. The van der Waals surface area contributed by atoms with Crippen molar-refractivity contribution in [1.29, 1.82) is 0 Å². The third-order valence-electron chi connectivity index (χ3n) is 3.51. The normalized spacial score (nSPS) is 18.9. The monoisotopic (exact) mass is 300 g/mol. The van der Waals surface area contributed by atoms with Crippen molar-refractivity contribution in [3.8, 4) is 0 Å². The van der Waals surface area contributed by atoms with Crippen LogP contribution < -0.4 is 0 Å². The summed E-state index contributed by atoms with van der Waals surface area (Å²) in [6.45, 7) is 0. The number of benzene rings is 1. The number of halogens is 2. The number of hydrogen-bond donors (Lipinski definition) is 0. The highest BCUT2D eigenvalue weighted by molar-refractivity contribution is 9.09. The lowest BCUT2D eigenvalue weighted by atomic mass is 9.98. The molecule has 0 saturated heterocycles. The van der Waals surface area contributed by atoms with Crippen molar-refractivity contribution in [2.45, 2.75) is 43.4 Å². The quantitative estimate of drug-likeness (QED) is 0.668. The maximum absolute atomic E-state index is 5.98. The number of rotatable bonds is 4. The first-order valence-electron chi connectivity index (χ1n) is 6.14. The first-order chi connectivity index (χ1) is 7.75. The average molecular weight is 302 g/mol. The summed E-state index contributed by atoms with van der Waals surface area (Å²) in [6, 6.07) is 8.22. The predicted molar refractivity (Wildman–Crippen MR) is 74.4 cm³/mol. The molecule has 88 valence electrons. The molecule has 0 spiro atoms. The third-order valence-corrected chi connectivity index (χ3v) is 4.95. The summed E-state index contributed by atoms with van der Waals surface area (Å²) in [6.07, 6.45) is 8.02. The van der Waals surface area contributed by atoms with Gasteiger partial charge in [0.05, 0.1) is 0 Å². The molecular weight excluding hydrogens is 284 g/mol. The van der Waals surface area contributed by atoms with E-state index >= 15 is 0 Å². The topological polar surface area (TPSA) is 0 Å². The molecule has 0 aromatic heterocycles. The zero-order valence-electron chi connectivity index (χ0n) is 9.46. The maximum atomic E-state index is 5.98. The highest BCUT2D eigenvalue weighted by Gasteiger charge is 2.22. The van der Waals surface area contributed by atoms with Crippen LogP contribution in [0.25, 0.3) is 0 Å². The average Bonchev–Trinajstić information content (AvgIpc) is 2.79. The SMILES string of the molecule is Clc1cccc(CCC(Br)C2CCCC2)c1. The van der Waals surface area contributed by atoms with Crippen molar-refractivity contribution in [1.82, 2.24) is 0 Å². The van der Waals surface area contributed by atoms with Gasteiger partial charge in [0.2, 0.25) is 0 Å². The van der Waals surface area contributed by atoms with Crippen molar-refractivity contribution in [3.05, 3.63) is 34.9 Å². The van der Waals surface area contributed by atoms with Crippen LogP contribution in [-0.4, -0.2) is 4.83 Å². The molecule has 1 aromatic rings. The second kappa shape index (κ2) is 6.07. The smallest absolute Gasteiger partial charge is 0.0408 e. The van der Waals surface area contributed by atoms with Gasteiger partial charge >= 0.3 is 0 Å². The fraction of sp³-hybridized carbons (Fsp3) is 0.571. The van der Waals surface area contributed by atoms with Crippen LogP contribution in [0.3, 0.4) is 0 Å². The molecule has 0 bridgehead atoms. The van der Waals surface area contributed by atoms with Crippen molar-refractivity contribution in [2.24, 2.45) is 5.92 Å². The Morgan fingerprint density at radius 1 is 1.31 bits per heavy atom. The Bertz CT molecular complexity index is 331. The van der Waals surface area contributed by atoms with E-state index in [1.165, 1.54) is 37.7 Å². The minimum atomic E-state index is 0.689. The van der Waals surface area contributed by atoms with E-state index in [0.29, 0.717) is 4.83 Å². The van der Waals surface area contributed by atoms with Crippen molar-refractivity contribution >= 4 is 27.5 Å². The summed E-state index contributed by atoms with van der Waals surface area (Å²) in [5.74, 6) is 0.902. The van der Waals surface area contributed by atoms with E-state index in [0.717, 1.165) is 17.4 Å². The van der Waals surface area contributed by atoms with Crippen molar-refractivity contribution in [3.63, 3.8) is 0 Å². The van der Waals surface area contributed by atoms with Gasteiger partial charge in [-0.15, -0.1) is 0 Å². The van der Waals surface area contributed by atoms with Gasteiger partial charge in [-0.05, 0) is 49.3 Å². The van der Waals surface area contributed by atoms with Crippen LogP contribution >= 0.6 is 27.5 Å². The summed E-state index contributed by atoms with van der Waals surface area (Å²) in [7, 11) is 0. The summed E-state index contributed by atoms with van der Waals surface area (Å²) < 4.78 is 0. The fourth-order valence-corrected chi connectivity index (χ4v) is 3.52. The van der Waals surface area contributed by atoms with Gasteiger partial charge in [0.25, 0.3) is 0 Å². The summed E-state index contributed by atoms with van der Waals surface area (Å²) in [5, 5.41) is 0.851. The molecule has 1 aliphatic rings. The molecule has 2 rings (SSSR count). The molecule has 1 fully saturated rings. The molecule has 2 heteroatoms. The van der Waals surface area contributed by atoms with Gasteiger partial charge in [0.15, 0.2) is 0 Å². The molecule has 0 heterocycles. The van der Waals surface area contributed by atoms with E-state index in [1.54, 1.807) is 0 Å². The van der Waals surface area contributed by atoms with Gasteiger partial charge in [-0.3, -0.25) is 0 Å². The number of alkyl halides is 1. The molecule has 1 aromatic carbocycles. The molecule has 0 radical (unpaired) electrons. The van der Waals surface area contributed by atoms with E-state index in [9.17, 15) is 0 Å². The molecule has 0 aliphatic heterocycles. The lowest BCUT2D eigenvalue weighted by Gasteiger charge is -2.16. The van der Waals surface area contributed by atoms with Crippen LogP contribution in [0.15, 0.2) is 24.3 Å². The largest absolute Gasteiger partial charge is 0.0888 e. The minimum Gasteiger partial charge on any atom is -0.0888 e. The van der Waals surface area contributed by atoms with Gasteiger partial charge in [0.1, 0.15) is 0 Å². The second-order valence-corrected chi connectivity index (χ2v) is 6.34. The van der Waals surface area contributed by atoms with E-state index < -0.39 is 0 Å². The molecule has 1 saturated carbocycles. The molecule has 1 unspecified atom stereocenters. The summed E-state index contributed by atoms with van der Waals surface area (Å²) >= 11 is 9.82. The molecule has 16 heavy (non-hydrogen) atoms. The lowest BCUT2D eigenvalue weighted by molar-refractivity contribution is 0.506. The third kappa shape index (κ3) is 3.49. The van der Waals surface area contributed by atoms with Crippen LogP contribution in [0.4, 0.5) is 0 Å². The number of aryl methyl sites for hydroxylation is 1. The van der Waals surface area contributed by atoms with Crippen LogP contribution in [0.1, 0.15) is 37.7 Å². The minimum absolute atomic E-state index is 0.689. The first kappa shape index (κ1) is 12.4. The van der Waals surface area contributed by atoms with Crippen LogP contribution in [0, 0.1) is 5.92 Å². The van der Waals surface area contributed by atoms with E-state index in [-0.39, 0.29) is 0 Å². The molecular formula is C14H18BrCl. The Hall–Kier alpha value is -0.0100. The van der Waals surface area contributed by atoms with Crippen LogP contribution in [-0.2, 0) is 6.42 Å². The zero-order chi connectivity index (χ0) is 11.4. The van der Waals surface area contributed by atoms with Gasteiger partial charge in [-0.25, -0.2) is 0 Å².